The van der Waals surface area contributed by atoms with Gasteiger partial charge < -0.3 is 14.8 Å². The number of hydrogen-bond donors (Lipinski definition) is 1. The molecule has 2 rings (SSSR count). The Morgan fingerprint density at radius 2 is 2.27 bits per heavy atom. The summed E-state index contributed by atoms with van der Waals surface area (Å²) in [6, 6.07) is 5.26. The number of nitrogens with one attached hydrogen (secondary N) is 1. The fraction of sp³-hybridized carbons (Fsp3) is 0.562. The van der Waals surface area contributed by atoms with Gasteiger partial charge in [-0.1, -0.05) is 27.5 Å². The van der Waals surface area contributed by atoms with Crippen molar-refractivity contribution in [2.45, 2.75) is 51.4 Å². The molecule has 1 N–H and O–H groups in total. The van der Waals surface area contributed by atoms with Crippen LogP contribution in [0.5, 0.6) is 5.75 Å². The molecule has 1 aliphatic rings. The van der Waals surface area contributed by atoms with E-state index in [1.165, 1.54) is 0 Å². The van der Waals surface area contributed by atoms with Gasteiger partial charge in [0.05, 0.1) is 17.2 Å². The Kier molecular flexibility index (Phi) is 5.75. The van der Waals surface area contributed by atoms with Crippen LogP contribution in [-0.4, -0.2) is 30.3 Å². The summed E-state index contributed by atoms with van der Waals surface area (Å²) in [6.07, 6.45) is 2.09. The standard InChI is InChI=1S/C16H21BrClNO3/c1-10(13-5-4-8-21-13)19-15(20)16(2,3)22-14-7-6-11(17)9-12(14)18/h6-7,9-10,13H,4-5,8H2,1-3H3,(H,19,20)/t10-,13-/m0/s1. The van der Waals surface area contributed by atoms with Crippen molar-refractivity contribution in [1.82, 2.24) is 5.32 Å². The minimum absolute atomic E-state index is 0.0433. The van der Waals surface area contributed by atoms with E-state index in [1.807, 2.05) is 13.0 Å². The highest BCUT2D eigenvalue weighted by atomic mass is 79.9. The van der Waals surface area contributed by atoms with Crippen molar-refractivity contribution < 1.29 is 14.3 Å². The molecule has 1 amide bonds. The molecule has 0 unspecified atom stereocenters. The third-order valence-electron chi connectivity index (χ3n) is 3.69. The van der Waals surface area contributed by atoms with Crippen LogP contribution in [-0.2, 0) is 9.53 Å². The van der Waals surface area contributed by atoms with Gasteiger partial charge >= 0.3 is 0 Å². The molecule has 22 heavy (non-hydrogen) atoms. The monoisotopic (exact) mass is 389 g/mol. The molecular weight excluding hydrogens is 370 g/mol. The van der Waals surface area contributed by atoms with Crippen LogP contribution >= 0.6 is 27.5 Å². The Balaban J connectivity index is 2.00. The number of benzene rings is 1. The molecule has 0 radical (unpaired) electrons. The van der Waals surface area contributed by atoms with Crippen LogP contribution in [0, 0.1) is 0 Å². The van der Waals surface area contributed by atoms with E-state index in [9.17, 15) is 4.79 Å². The molecule has 1 heterocycles. The number of ether oxygens (including phenoxy) is 2. The molecule has 2 atom stereocenters. The number of amides is 1. The first-order valence-electron chi connectivity index (χ1n) is 7.36. The van der Waals surface area contributed by atoms with Gasteiger partial charge in [-0.2, -0.15) is 0 Å². The predicted octanol–water partition coefficient (Wildman–Crippen LogP) is 3.94. The predicted molar refractivity (Wildman–Crippen MR) is 90.4 cm³/mol. The minimum atomic E-state index is -1.02. The third-order valence-corrected chi connectivity index (χ3v) is 4.48. The highest BCUT2D eigenvalue weighted by Gasteiger charge is 2.33. The van der Waals surface area contributed by atoms with Gasteiger partial charge in [0.15, 0.2) is 5.60 Å². The summed E-state index contributed by atoms with van der Waals surface area (Å²) < 4.78 is 12.3. The zero-order valence-electron chi connectivity index (χ0n) is 13.0. The summed E-state index contributed by atoms with van der Waals surface area (Å²) >= 11 is 9.48. The summed E-state index contributed by atoms with van der Waals surface area (Å²) in [6.45, 7) is 6.17. The quantitative estimate of drug-likeness (QED) is 0.828. The second kappa shape index (κ2) is 7.20. The zero-order chi connectivity index (χ0) is 16.3. The topological polar surface area (TPSA) is 47.6 Å². The van der Waals surface area contributed by atoms with Crippen LogP contribution in [0.25, 0.3) is 0 Å². The largest absolute Gasteiger partial charge is 0.476 e. The molecule has 0 aromatic heterocycles. The Labute approximate surface area is 144 Å². The van der Waals surface area contributed by atoms with Crippen molar-refractivity contribution in [3.8, 4) is 5.75 Å². The van der Waals surface area contributed by atoms with Crippen LogP contribution in [0.1, 0.15) is 33.6 Å². The Bertz CT molecular complexity index is 544. The van der Waals surface area contributed by atoms with Crippen LogP contribution < -0.4 is 10.1 Å². The maximum Gasteiger partial charge on any atom is 0.263 e. The number of halogens is 2. The first-order chi connectivity index (χ1) is 10.3. The SMILES string of the molecule is C[C@H](NC(=O)C(C)(C)Oc1ccc(Br)cc1Cl)[C@@H]1CCCO1. The van der Waals surface area contributed by atoms with E-state index in [-0.39, 0.29) is 18.1 Å². The lowest BCUT2D eigenvalue weighted by atomic mass is 10.1. The maximum atomic E-state index is 12.5. The van der Waals surface area contributed by atoms with Gasteiger partial charge in [-0.15, -0.1) is 0 Å². The molecule has 0 bridgehead atoms. The molecule has 0 saturated carbocycles. The molecule has 6 heteroatoms. The van der Waals surface area contributed by atoms with Crippen molar-refractivity contribution in [3.05, 3.63) is 27.7 Å². The minimum Gasteiger partial charge on any atom is -0.476 e. The molecule has 1 aromatic carbocycles. The van der Waals surface area contributed by atoms with E-state index in [0.29, 0.717) is 10.8 Å². The maximum absolute atomic E-state index is 12.5. The van der Waals surface area contributed by atoms with Crippen molar-refractivity contribution in [2.24, 2.45) is 0 Å². The molecule has 1 fully saturated rings. The molecular formula is C16H21BrClNO3. The lowest BCUT2D eigenvalue weighted by molar-refractivity contribution is -0.135. The second-order valence-electron chi connectivity index (χ2n) is 6.00. The fourth-order valence-electron chi connectivity index (χ4n) is 2.35. The van der Waals surface area contributed by atoms with E-state index < -0.39 is 5.60 Å². The molecule has 0 aliphatic carbocycles. The average Bonchev–Trinajstić information content (AvgIpc) is 2.96. The molecule has 1 aromatic rings. The van der Waals surface area contributed by atoms with Gasteiger partial charge in [0.25, 0.3) is 5.91 Å². The smallest absolute Gasteiger partial charge is 0.263 e. The number of hydrogen-bond acceptors (Lipinski definition) is 3. The summed E-state index contributed by atoms with van der Waals surface area (Å²) in [5.41, 5.74) is -1.02. The molecule has 0 spiro atoms. The van der Waals surface area contributed by atoms with Crippen LogP contribution in [0.4, 0.5) is 0 Å². The Morgan fingerprint density at radius 1 is 1.55 bits per heavy atom. The van der Waals surface area contributed by atoms with Crippen molar-refractivity contribution in [1.29, 1.82) is 0 Å². The van der Waals surface area contributed by atoms with E-state index in [2.05, 4.69) is 21.2 Å². The fourth-order valence-corrected chi connectivity index (χ4v) is 3.06. The van der Waals surface area contributed by atoms with Gasteiger partial charge in [0.2, 0.25) is 0 Å². The summed E-state index contributed by atoms with van der Waals surface area (Å²) in [7, 11) is 0. The van der Waals surface area contributed by atoms with Gasteiger partial charge in [-0.25, -0.2) is 0 Å². The van der Waals surface area contributed by atoms with Gasteiger partial charge in [-0.05, 0) is 51.8 Å². The normalized spacial score (nSPS) is 19.8. The molecule has 1 aliphatic heterocycles. The number of carbonyl (C=O) groups excluding carboxylic acids is 1. The highest BCUT2D eigenvalue weighted by Crippen LogP contribution is 2.30. The summed E-state index contributed by atoms with van der Waals surface area (Å²) in [5, 5.41) is 3.43. The second-order valence-corrected chi connectivity index (χ2v) is 7.32. The van der Waals surface area contributed by atoms with Gasteiger partial charge in [-0.3, -0.25) is 4.79 Å². The number of rotatable bonds is 5. The van der Waals surface area contributed by atoms with E-state index >= 15 is 0 Å². The van der Waals surface area contributed by atoms with Crippen molar-refractivity contribution in [2.75, 3.05) is 6.61 Å². The molecule has 122 valence electrons. The lowest BCUT2D eigenvalue weighted by Gasteiger charge is -2.29. The third kappa shape index (κ3) is 4.37. The average molecular weight is 391 g/mol. The van der Waals surface area contributed by atoms with E-state index in [4.69, 9.17) is 21.1 Å². The van der Waals surface area contributed by atoms with Gasteiger partial charge in [0.1, 0.15) is 5.75 Å². The van der Waals surface area contributed by atoms with Crippen LogP contribution in [0.2, 0.25) is 5.02 Å². The first-order valence-corrected chi connectivity index (χ1v) is 8.53. The first kappa shape index (κ1) is 17.6. The highest BCUT2D eigenvalue weighted by molar-refractivity contribution is 9.10. The number of carbonyl (C=O) groups is 1. The lowest BCUT2D eigenvalue weighted by Crippen LogP contribution is -2.52. The Hall–Kier alpha value is -0.780. The molecule has 4 nitrogen and oxygen atoms in total. The van der Waals surface area contributed by atoms with Crippen molar-refractivity contribution >= 4 is 33.4 Å². The zero-order valence-corrected chi connectivity index (χ0v) is 15.3. The summed E-state index contributed by atoms with van der Waals surface area (Å²) in [5.74, 6) is 0.296. The molecule has 1 saturated heterocycles. The van der Waals surface area contributed by atoms with Crippen molar-refractivity contribution in [3.63, 3.8) is 0 Å². The van der Waals surface area contributed by atoms with Crippen LogP contribution in [0.15, 0.2) is 22.7 Å². The van der Waals surface area contributed by atoms with E-state index in [1.54, 1.807) is 26.0 Å². The van der Waals surface area contributed by atoms with E-state index in [0.717, 1.165) is 23.9 Å². The van der Waals surface area contributed by atoms with Crippen LogP contribution in [0.3, 0.4) is 0 Å². The Morgan fingerprint density at radius 3 is 2.86 bits per heavy atom. The van der Waals surface area contributed by atoms with Gasteiger partial charge in [0, 0.05) is 11.1 Å². The summed E-state index contributed by atoms with van der Waals surface area (Å²) in [4.78, 5) is 12.5.